The molecule has 20 heavy (non-hydrogen) atoms. The number of hydrogen-bond acceptors (Lipinski definition) is 2. The molecule has 0 unspecified atom stereocenters. The minimum atomic E-state index is -4.61. The molecule has 2 nitrogen and oxygen atoms in total. The Balaban J connectivity index is 2.54. The summed E-state index contributed by atoms with van der Waals surface area (Å²) in [5, 5.41) is 0.297. The van der Waals surface area contributed by atoms with Gasteiger partial charge in [0.1, 0.15) is 0 Å². The molecule has 0 N–H and O–H groups in total. The highest BCUT2D eigenvalue weighted by atomic mass is 35.5. The second-order valence-corrected chi connectivity index (χ2v) is 4.70. The molecule has 0 aliphatic rings. The maximum absolute atomic E-state index is 12.9. The van der Waals surface area contributed by atoms with E-state index in [1.165, 1.54) is 12.1 Å². The summed E-state index contributed by atoms with van der Waals surface area (Å²) in [6.07, 6.45) is -2.69. The van der Waals surface area contributed by atoms with Gasteiger partial charge in [-0.3, -0.25) is 9.78 Å². The molecular formula is C14H9ClF3NO. The van der Waals surface area contributed by atoms with Crippen LogP contribution in [0, 0.1) is 6.92 Å². The Morgan fingerprint density at radius 2 is 1.95 bits per heavy atom. The van der Waals surface area contributed by atoms with Gasteiger partial charge in [-0.1, -0.05) is 11.6 Å². The third kappa shape index (κ3) is 2.99. The Kier molecular flexibility index (Phi) is 3.81. The zero-order chi connectivity index (χ0) is 14.9. The van der Waals surface area contributed by atoms with E-state index in [0.29, 0.717) is 10.6 Å². The number of aryl methyl sites for hydroxylation is 1. The van der Waals surface area contributed by atoms with Crippen LogP contribution in [0.25, 0.3) is 0 Å². The third-order valence-electron chi connectivity index (χ3n) is 2.68. The zero-order valence-electron chi connectivity index (χ0n) is 10.3. The molecule has 0 spiro atoms. The highest BCUT2D eigenvalue weighted by Gasteiger charge is 2.35. The van der Waals surface area contributed by atoms with Crippen molar-refractivity contribution in [2.24, 2.45) is 0 Å². The summed E-state index contributed by atoms with van der Waals surface area (Å²) in [5.41, 5.74) is -0.691. The molecular weight excluding hydrogens is 291 g/mol. The van der Waals surface area contributed by atoms with Gasteiger partial charge < -0.3 is 0 Å². The Morgan fingerprint density at radius 1 is 1.25 bits per heavy atom. The summed E-state index contributed by atoms with van der Waals surface area (Å²) in [5.74, 6) is -0.754. The van der Waals surface area contributed by atoms with E-state index >= 15 is 0 Å². The molecule has 1 heterocycles. The van der Waals surface area contributed by atoms with Gasteiger partial charge in [-0.25, -0.2) is 0 Å². The summed E-state index contributed by atoms with van der Waals surface area (Å²) >= 11 is 5.82. The van der Waals surface area contributed by atoms with E-state index in [9.17, 15) is 18.0 Å². The van der Waals surface area contributed by atoms with E-state index in [2.05, 4.69) is 4.98 Å². The van der Waals surface area contributed by atoms with Crippen LogP contribution in [0.15, 0.2) is 36.7 Å². The van der Waals surface area contributed by atoms with E-state index in [0.717, 1.165) is 18.5 Å². The first-order valence-electron chi connectivity index (χ1n) is 5.62. The van der Waals surface area contributed by atoms with E-state index in [4.69, 9.17) is 11.6 Å². The number of ketones is 1. The number of benzene rings is 1. The molecule has 0 amide bonds. The van der Waals surface area contributed by atoms with E-state index < -0.39 is 23.1 Å². The molecule has 0 saturated heterocycles. The smallest absolute Gasteiger partial charge is 0.289 e. The number of halogens is 4. The summed E-state index contributed by atoms with van der Waals surface area (Å²) < 4.78 is 38.6. The van der Waals surface area contributed by atoms with Crippen molar-refractivity contribution in [3.63, 3.8) is 0 Å². The van der Waals surface area contributed by atoms with Crippen molar-refractivity contribution < 1.29 is 18.0 Å². The van der Waals surface area contributed by atoms with Crippen molar-refractivity contribution in [3.8, 4) is 0 Å². The van der Waals surface area contributed by atoms with Crippen LogP contribution in [-0.2, 0) is 6.18 Å². The van der Waals surface area contributed by atoms with Crippen LogP contribution < -0.4 is 0 Å². The predicted molar refractivity (Wildman–Crippen MR) is 68.9 cm³/mol. The van der Waals surface area contributed by atoms with Crippen LogP contribution >= 0.6 is 11.6 Å². The number of hydrogen-bond donors (Lipinski definition) is 0. The molecule has 0 bridgehead atoms. The first kappa shape index (κ1) is 14.5. The predicted octanol–water partition coefficient (Wildman–Crippen LogP) is 4.29. The fraction of sp³-hybridized carbons (Fsp3) is 0.143. The van der Waals surface area contributed by atoms with Gasteiger partial charge in [0, 0.05) is 23.0 Å². The highest BCUT2D eigenvalue weighted by Crippen LogP contribution is 2.32. The SMILES string of the molecule is Cc1cc(Cl)cc(C(=O)c2cnccc2C(F)(F)F)c1. The second-order valence-electron chi connectivity index (χ2n) is 4.27. The minimum Gasteiger partial charge on any atom is -0.289 e. The first-order chi connectivity index (χ1) is 9.29. The zero-order valence-corrected chi connectivity index (χ0v) is 11.1. The first-order valence-corrected chi connectivity index (χ1v) is 6.00. The third-order valence-corrected chi connectivity index (χ3v) is 2.89. The van der Waals surface area contributed by atoms with Gasteiger partial charge >= 0.3 is 6.18 Å². The number of aromatic nitrogens is 1. The maximum Gasteiger partial charge on any atom is 0.417 e. The lowest BCUT2D eigenvalue weighted by atomic mass is 9.99. The van der Waals surface area contributed by atoms with Crippen molar-refractivity contribution in [1.29, 1.82) is 0 Å². The summed E-state index contributed by atoms with van der Waals surface area (Å²) in [7, 11) is 0. The molecule has 2 rings (SSSR count). The van der Waals surface area contributed by atoms with Gasteiger partial charge in [0.05, 0.1) is 11.1 Å². The van der Waals surface area contributed by atoms with Crippen LogP contribution in [0.2, 0.25) is 5.02 Å². The van der Waals surface area contributed by atoms with Crippen LogP contribution in [0.4, 0.5) is 13.2 Å². The molecule has 0 atom stereocenters. The molecule has 0 aliphatic heterocycles. The maximum atomic E-state index is 12.9. The fourth-order valence-corrected chi connectivity index (χ4v) is 2.14. The second kappa shape index (κ2) is 5.25. The Bertz CT molecular complexity index is 647. The number of nitrogens with zero attached hydrogens (tertiary/aromatic N) is 1. The average Bonchev–Trinajstić information content (AvgIpc) is 2.35. The lowest BCUT2D eigenvalue weighted by molar-refractivity contribution is -0.137. The van der Waals surface area contributed by atoms with Gasteiger partial charge in [-0.2, -0.15) is 13.2 Å². The van der Waals surface area contributed by atoms with Crippen LogP contribution in [-0.4, -0.2) is 10.8 Å². The number of carbonyl (C=O) groups excluding carboxylic acids is 1. The molecule has 0 radical (unpaired) electrons. The largest absolute Gasteiger partial charge is 0.417 e. The quantitative estimate of drug-likeness (QED) is 0.774. The van der Waals surface area contributed by atoms with Crippen molar-refractivity contribution in [3.05, 3.63) is 63.9 Å². The van der Waals surface area contributed by atoms with Crippen molar-refractivity contribution in [1.82, 2.24) is 4.98 Å². The lowest BCUT2D eigenvalue weighted by Crippen LogP contribution is -2.14. The molecule has 6 heteroatoms. The van der Waals surface area contributed by atoms with Gasteiger partial charge in [-0.05, 0) is 36.8 Å². The molecule has 0 aliphatic carbocycles. The van der Waals surface area contributed by atoms with E-state index in [1.54, 1.807) is 13.0 Å². The Morgan fingerprint density at radius 3 is 2.55 bits per heavy atom. The molecule has 104 valence electrons. The molecule has 2 aromatic rings. The van der Waals surface area contributed by atoms with E-state index in [-0.39, 0.29) is 5.56 Å². The number of pyridine rings is 1. The number of carbonyl (C=O) groups is 1. The summed E-state index contributed by atoms with van der Waals surface area (Å²) in [6, 6.07) is 5.22. The van der Waals surface area contributed by atoms with Crippen LogP contribution in [0.1, 0.15) is 27.0 Å². The number of rotatable bonds is 2. The summed E-state index contributed by atoms with van der Waals surface area (Å²) in [6.45, 7) is 1.70. The standard InChI is InChI=1S/C14H9ClF3NO/c1-8-4-9(6-10(15)5-8)13(20)11-7-19-3-2-12(11)14(16,17)18/h2-7H,1H3. The molecule has 1 aromatic carbocycles. The van der Waals surface area contributed by atoms with Gasteiger partial charge in [0.25, 0.3) is 0 Å². The molecule has 0 saturated carbocycles. The van der Waals surface area contributed by atoms with Crippen molar-refractivity contribution >= 4 is 17.4 Å². The Labute approximate surface area is 118 Å². The van der Waals surface area contributed by atoms with Gasteiger partial charge in [0.2, 0.25) is 0 Å². The highest BCUT2D eigenvalue weighted by molar-refractivity contribution is 6.31. The fourth-order valence-electron chi connectivity index (χ4n) is 1.85. The van der Waals surface area contributed by atoms with Crippen molar-refractivity contribution in [2.45, 2.75) is 13.1 Å². The molecule has 0 fully saturated rings. The lowest BCUT2D eigenvalue weighted by Gasteiger charge is -2.11. The summed E-state index contributed by atoms with van der Waals surface area (Å²) in [4.78, 5) is 15.8. The number of alkyl halides is 3. The van der Waals surface area contributed by atoms with E-state index in [1.807, 2.05) is 0 Å². The molecule has 1 aromatic heterocycles. The monoisotopic (exact) mass is 299 g/mol. The average molecular weight is 300 g/mol. The Hall–Kier alpha value is -1.88. The van der Waals surface area contributed by atoms with Crippen molar-refractivity contribution in [2.75, 3.05) is 0 Å². The normalized spacial score (nSPS) is 11.4. The van der Waals surface area contributed by atoms with Crippen LogP contribution in [0.3, 0.4) is 0 Å². The van der Waals surface area contributed by atoms with Crippen LogP contribution in [0.5, 0.6) is 0 Å². The van der Waals surface area contributed by atoms with Gasteiger partial charge in [-0.15, -0.1) is 0 Å². The topological polar surface area (TPSA) is 30.0 Å². The minimum absolute atomic E-state index is 0.105. The van der Waals surface area contributed by atoms with Gasteiger partial charge in [0.15, 0.2) is 5.78 Å².